The third kappa shape index (κ3) is 3.34. The van der Waals surface area contributed by atoms with Crippen LogP contribution in [0, 0.1) is 0 Å². The van der Waals surface area contributed by atoms with Crippen LogP contribution in [-0.4, -0.2) is 20.3 Å². The second-order valence-corrected chi connectivity index (χ2v) is 4.19. The van der Waals surface area contributed by atoms with Crippen LogP contribution in [0.4, 0.5) is 0 Å². The van der Waals surface area contributed by atoms with Crippen molar-refractivity contribution < 1.29 is 9.47 Å². The first-order valence-corrected chi connectivity index (χ1v) is 6.36. The van der Waals surface area contributed by atoms with Crippen LogP contribution in [0.15, 0.2) is 54.6 Å². The van der Waals surface area contributed by atoms with Gasteiger partial charge in [0.15, 0.2) is 0 Å². The summed E-state index contributed by atoms with van der Waals surface area (Å²) in [7, 11) is 1.67. The molecule has 0 aliphatic heterocycles. The van der Waals surface area contributed by atoms with Crippen molar-refractivity contribution in [2.45, 2.75) is 6.10 Å². The number of hydrogen-bond donors (Lipinski definition) is 1. The lowest BCUT2D eigenvalue weighted by Crippen LogP contribution is -2.14. The lowest BCUT2D eigenvalue weighted by Gasteiger charge is -2.20. The molecule has 0 aliphatic rings. The molecule has 0 aliphatic carbocycles. The van der Waals surface area contributed by atoms with Gasteiger partial charge in [-0.25, -0.2) is 0 Å². The summed E-state index contributed by atoms with van der Waals surface area (Å²) in [6.45, 7) is 1.01. The van der Waals surface area contributed by atoms with Gasteiger partial charge in [-0.15, -0.1) is 0 Å². The summed E-state index contributed by atoms with van der Waals surface area (Å²) in [4.78, 5) is 0. The summed E-state index contributed by atoms with van der Waals surface area (Å²) in [5.41, 5.74) is 7.66. The van der Waals surface area contributed by atoms with E-state index in [0.29, 0.717) is 13.2 Å². The smallest absolute Gasteiger partial charge is 0.125 e. The van der Waals surface area contributed by atoms with Crippen molar-refractivity contribution in [1.29, 1.82) is 0 Å². The summed E-state index contributed by atoms with van der Waals surface area (Å²) in [5.74, 6) is 0.827. The van der Waals surface area contributed by atoms with E-state index >= 15 is 0 Å². The Morgan fingerprint density at radius 3 is 2.37 bits per heavy atom. The first-order valence-electron chi connectivity index (χ1n) is 6.36. The van der Waals surface area contributed by atoms with Gasteiger partial charge >= 0.3 is 0 Å². The lowest BCUT2D eigenvalue weighted by atomic mass is 10.0. The largest absolute Gasteiger partial charge is 0.496 e. The van der Waals surface area contributed by atoms with E-state index < -0.39 is 0 Å². The van der Waals surface area contributed by atoms with E-state index in [0.717, 1.165) is 16.9 Å². The summed E-state index contributed by atoms with van der Waals surface area (Å²) in [5, 5.41) is 0. The van der Waals surface area contributed by atoms with Crippen LogP contribution < -0.4 is 10.5 Å². The Balaban J connectivity index is 2.37. The van der Waals surface area contributed by atoms with Gasteiger partial charge in [0.25, 0.3) is 0 Å². The van der Waals surface area contributed by atoms with Crippen molar-refractivity contribution in [3.63, 3.8) is 0 Å². The fourth-order valence-electron chi connectivity index (χ4n) is 2.06. The molecule has 0 bridgehead atoms. The van der Waals surface area contributed by atoms with E-state index in [1.165, 1.54) is 0 Å². The number of benzene rings is 2. The lowest BCUT2D eigenvalue weighted by molar-refractivity contribution is 0.0846. The maximum absolute atomic E-state index is 5.90. The van der Waals surface area contributed by atoms with E-state index in [-0.39, 0.29) is 6.10 Å². The Morgan fingerprint density at radius 2 is 1.68 bits per heavy atom. The number of para-hydroxylation sites is 1. The van der Waals surface area contributed by atoms with Crippen LogP contribution in [0.1, 0.15) is 17.2 Å². The Labute approximate surface area is 114 Å². The predicted octanol–water partition coefficient (Wildman–Crippen LogP) is 2.76. The zero-order chi connectivity index (χ0) is 13.5. The Bertz CT molecular complexity index is 499. The molecule has 0 aromatic heterocycles. The molecule has 0 fully saturated rings. The molecular formula is C16H19NO2. The van der Waals surface area contributed by atoms with Crippen LogP contribution in [0.25, 0.3) is 0 Å². The maximum atomic E-state index is 5.90. The average Bonchev–Trinajstić information content (AvgIpc) is 2.49. The van der Waals surface area contributed by atoms with E-state index in [2.05, 4.69) is 0 Å². The van der Waals surface area contributed by atoms with Gasteiger partial charge in [-0.3, -0.25) is 0 Å². The van der Waals surface area contributed by atoms with Gasteiger partial charge in [-0.05, 0) is 11.6 Å². The summed E-state index contributed by atoms with van der Waals surface area (Å²) < 4.78 is 11.3. The monoisotopic (exact) mass is 257 g/mol. The number of methoxy groups -OCH3 is 1. The molecule has 0 amide bonds. The van der Waals surface area contributed by atoms with Crippen LogP contribution in [0.3, 0.4) is 0 Å². The first kappa shape index (κ1) is 13.6. The summed E-state index contributed by atoms with van der Waals surface area (Å²) >= 11 is 0. The standard InChI is InChI=1S/C16H19NO2/c1-18-15-10-6-5-9-14(15)16(19-12-11-17)13-7-3-2-4-8-13/h2-10,16H,11-12,17H2,1H3. The normalized spacial score (nSPS) is 12.1. The van der Waals surface area contributed by atoms with Crippen molar-refractivity contribution in [3.05, 3.63) is 65.7 Å². The highest BCUT2D eigenvalue weighted by Gasteiger charge is 2.18. The zero-order valence-electron chi connectivity index (χ0n) is 11.1. The topological polar surface area (TPSA) is 44.5 Å². The Hall–Kier alpha value is -1.84. The zero-order valence-corrected chi connectivity index (χ0v) is 11.1. The molecule has 2 aromatic carbocycles. The molecule has 2 rings (SSSR count). The molecule has 0 saturated heterocycles. The molecule has 1 unspecified atom stereocenters. The van der Waals surface area contributed by atoms with Gasteiger partial charge in [0, 0.05) is 12.1 Å². The maximum Gasteiger partial charge on any atom is 0.125 e. The van der Waals surface area contributed by atoms with Crippen molar-refractivity contribution in [2.24, 2.45) is 5.73 Å². The molecule has 0 spiro atoms. The van der Waals surface area contributed by atoms with Crippen LogP contribution in [0.5, 0.6) is 5.75 Å². The molecule has 0 heterocycles. The van der Waals surface area contributed by atoms with Crippen LogP contribution in [0.2, 0.25) is 0 Å². The minimum atomic E-state index is -0.152. The molecule has 19 heavy (non-hydrogen) atoms. The highest BCUT2D eigenvalue weighted by atomic mass is 16.5. The average molecular weight is 257 g/mol. The minimum Gasteiger partial charge on any atom is -0.496 e. The van der Waals surface area contributed by atoms with Gasteiger partial charge in [0.05, 0.1) is 13.7 Å². The molecule has 0 radical (unpaired) electrons. The van der Waals surface area contributed by atoms with Gasteiger partial charge in [-0.2, -0.15) is 0 Å². The third-order valence-corrected chi connectivity index (χ3v) is 2.93. The molecule has 2 aromatic rings. The first-order chi connectivity index (χ1) is 9.36. The van der Waals surface area contributed by atoms with Crippen molar-refractivity contribution >= 4 is 0 Å². The minimum absolute atomic E-state index is 0.152. The van der Waals surface area contributed by atoms with Gasteiger partial charge < -0.3 is 15.2 Å². The molecule has 1 atom stereocenters. The predicted molar refractivity (Wildman–Crippen MR) is 76.3 cm³/mol. The number of ether oxygens (including phenoxy) is 2. The fraction of sp³-hybridized carbons (Fsp3) is 0.250. The molecule has 2 N–H and O–H groups in total. The Kier molecular flexibility index (Phi) is 4.95. The summed E-state index contributed by atoms with van der Waals surface area (Å²) in [6, 6.07) is 18.0. The molecule has 100 valence electrons. The third-order valence-electron chi connectivity index (χ3n) is 2.93. The van der Waals surface area contributed by atoms with Gasteiger partial charge in [0.1, 0.15) is 11.9 Å². The fourth-order valence-corrected chi connectivity index (χ4v) is 2.06. The molecule has 3 nitrogen and oxygen atoms in total. The second-order valence-electron chi connectivity index (χ2n) is 4.19. The SMILES string of the molecule is COc1ccccc1C(OCCN)c1ccccc1. The summed E-state index contributed by atoms with van der Waals surface area (Å²) in [6.07, 6.45) is -0.152. The van der Waals surface area contributed by atoms with Crippen molar-refractivity contribution in [1.82, 2.24) is 0 Å². The van der Waals surface area contributed by atoms with E-state index in [1.807, 2.05) is 54.6 Å². The van der Waals surface area contributed by atoms with Crippen molar-refractivity contribution in [3.8, 4) is 5.75 Å². The van der Waals surface area contributed by atoms with E-state index in [4.69, 9.17) is 15.2 Å². The van der Waals surface area contributed by atoms with Crippen LogP contribution >= 0.6 is 0 Å². The molecule has 0 saturated carbocycles. The molecular weight excluding hydrogens is 238 g/mol. The Morgan fingerprint density at radius 1 is 1.00 bits per heavy atom. The number of rotatable bonds is 6. The van der Waals surface area contributed by atoms with Gasteiger partial charge in [-0.1, -0.05) is 48.5 Å². The number of nitrogens with two attached hydrogens (primary N) is 1. The van der Waals surface area contributed by atoms with E-state index in [9.17, 15) is 0 Å². The highest BCUT2D eigenvalue weighted by Crippen LogP contribution is 2.32. The molecule has 3 heteroatoms. The number of hydrogen-bond acceptors (Lipinski definition) is 3. The van der Waals surface area contributed by atoms with Crippen LogP contribution in [-0.2, 0) is 4.74 Å². The second kappa shape index (κ2) is 6.92. The van der Waals surface area contributed by atoms with Gasteiger partial charge in [0.2, 0.25) is 0 Å². The quantitative estimate of drug-likeness (QED) is 0.865. The van der Waals surface area contributed by atoms with Crippen molar-refractivity contribution in [2.75, 3.05) is 20.3 Å². The van der Waals surface area contributed by atoms with E-state index in [1.54, 1.807) is 7.11 Å². The highest BCUT2D eigenvalue weighted by molar-refractivity contribution is 5.40.